The van der Waals surface area contributed by atoms with Gasteiger partial charge in [0.05, 0.1) is 25.6 Å². The van der Waals surface area contributed by atoms with Crippen LogP contribution in [0.25, 0.3) is 10.8 Å². The van der Waals surface area contributed by atoms with Crippen molar-refractivity contribution < 1.29 is 14.3 Å². The molecule has 4 nitrogen and oxygen atoms in total. The molecule has 0 N–H and O–H groups in total. The molecule has 3 aromatic rings. The number of methoxy groups -OCH3 is 2. The molecule has 3 aromatic carbocycles. The molecular formula is C22H20ClNO3. The van der Waals surface area contributed by atoms with Crippen LogP contribution in [-0.4, -0.2) is 31.8 Å². The summed E-state index contributed by atoms with van der Waals surface area (Å²) in [6, 6.07) is 19.7. The molecule has 0 fully saturated rings. The van der Waals surface area contributed by atoms with Crippen molar-refractivity contribution in [2.24, 2.45) is 0 Å². The van der Waals surface area contributed by atoms with Gasteiger partial charge in [-0.25, -0.2) is 4.79 Å². The number of ether oxygens (including phenoxy) is 2. The number of benzene rings is 3. The van der Waals surface area contributed by atoms with Crippen molar-refractivity contribution in [3.05, 3.63) is 77.4 Å². The van der Waals surface area contributed by atoms with E-state index in [2.05, 4.69) is 6.07 Å². The molecule has 0 aromatic heterocycles. The van der Waals surface area contributed by atoms with Crippen molar-refractivity contribution in [2.45, 2.75) is 11.4 Å². The minimum absolute atomic E-state index is 0.278. The molecule has 0 radical (unpaired) electrons. The van der Waals surface area contributed by atoms with Crippen LogP contribution in [0.3, 0.4) is 0 Å². The van der Waals surface area contributed by atoms with Crippen LogP contribution in [0.15, 0.2) is 60.7 Å². The molecule has 27 heavy (non-hydrogen) atoms. The van der Waals surface area contributed by atoms with E-state index in [0.29, 0.717) is 6.54 Å². The van der Waals surface area contributed by atoms with E-state index in [1.165, 1.54) is 7.11 Å². The van der Waals surface area contributed by atoms with E-state index in [9.17, 15) is 4.79 Å². The van der Waals surface area contributed by atoms with Gasteiger partial charge in [0.1, 0.15) is 5.75 Å². The fourth-order valence-corrected chi connectivity index (χ4v) is 4.26. The number of hydrogen-bond donors (Lipinski definition) is 0. The highest BCUT2D eigenvalue weighted by molar-refractivity contribution is 6.21. The number of amides is 1. The third-order valence-electron chi connectivity index (χ3n) is 5.10. The Morgan fingerprint density at radius 1 is 1.04 bits per heavy atom. The Hall–Kier alpha value is -2.72. The molecule has 138 valence electrons. The molecule has 4 rings (SSSR count). The molecule has 0 unspecified atom stereocenters. The smallest absolute Gasteiger partial charge is 0.410 e. The summed E-state index contributed by atoms with van der Waals surface area (Å²) in [5.74, 6) is 0.785. The summed E-state index contributed by atoms with van der Waals surface area (Å²) in [4.78, 5) is 14.3. The van der Waals surface area contributed by atoms with E-state index in [4.69, 9.17) is 21.1 Å². The fraction of sp³-hybridized carbons (Fsp3) is 0.227. The lowest BCUT2D eigenvalue weighted by molar-refractivity contribution is 0.108. The van der Waals surface area contributed by atoms with Crippen molar-refractivity contribution in [1.29, 1.82) is 0 Å². The van der Waals surface area contributed by atoms with Gasteiger partial charge in [0.2, 0.25) is 0 Å². The first kappa shape index (κ1) is 17.7. The van der Waals surface area contributed by atoms with Gasteiger partial charge < -0.3 is 9.47 Å². The SMILES string of the molecule is COC(=O)N1C[C@@H](Cl)c2cc(OC)c3ccccc3c2[C@@H]1c1ccccc1. The number of alkyl halides is 1. The standard InChI is InChI=1S/C22H20ClNO3/c1-26-19-12-17-18(23)13-24(22(25)27-2)21(14-8-4-3-5-9-14)20(17)16-11-7-6-10-15(16)19/h3-12,18,21H,13H2,1-2H3/t18-,21+/m1/s1. The lowest BCUT2D eigenvalue weighted by atomic mass is 9.84. The van der Waals surface area contributed by atoms with Crippen molar-refractivity contribution in [3.63, 3.8) is 0 Å². The van der Waals surface area contributed by atoms with Crippen molar-refractivity contribution in [2.75, 3.05) is 20.8 Å². The second-order valence-electron chi connectivity index (χ2n) is 6.53. The van der Waals surface area contributed by atoms with E-state index < -0.39 is 0 Å². The zero-order valence-corrected chi connectivity index (χ0v) is 15.9. The minimum atomic E-state index is -0.389. The molecule has 1 amide bonds. The molecule has 5 heteroatoms. The van der Waals surface area contributed by atoms with Gasteiger partial charge in [0, 0.05) is 11.9 Å². The van der Waals surface area contributed by atoms with Crippen LogP contribution in [0.5, 0.6) is 5.75 Å². The largest absolute Gasteiger partial charge is 0.496 e. The number of carbonyl (C=O) groups excluding carboxylic acids is 1. The van der Waals surface area contributed by atoms with Crippen LogP contribution in [0.1, 0.15) is 28.1 Å². The van der Waals surface area contributed by atoms with Gasteiger partial charge in [-0.05, 0) is 28.1 Å². The average Bonchev–Trinajstić information content (AvgIpc) is 2.73. The van der Waals surface area contributed by atoms with Crippen molar-refractivity contribution >= 4 is 28.5 Å². The van der Waals surface area contributed by atoms with Crippen molar-refractivity contribution in [3.8, 4) is 5.75 Å². The van der Waals surface area contributed by atoms with Crippen LogP contribution in [0.2, 0.25) is 0 Å². The maximum absolute atomic E-state index is 12.6. The Morgan fingerprint density at radius 2 is 1.70 bits per heavy atom. The van der Waals surface area contributed by atoms with Gasteiger partial charge in [-0.1, -0.05) is 54.6 Å². The zero-order chi connectivity index (χ0) is 19.0. The lowest BCUT2D eigenvalue weighted by Crippen LogP contribution is -2.41. The Kier molecular flexibility index (Phi) is 4.66. The van der Waals surface area contributed by atoms with Crippen LogP contribution >= 0.6 is 11.6 Å². The average molecular weight is 382 g/mol. The highest BCUT2D eigenvalue weighted by Gasteiger charge is 2.38. The van der Waals surface area contributed by atoms with E-state index in [-0.39, 0.29) is 17.5 Å². The Balaban J connectivity index is 2.05. The first-order chi connectivity index (χ1) is 13.2. The Labute approximate surface area is 163 Å². The molecule has 1 aliphatic heterocycles. The summed E-state index contributed by atoms with van der Waals surface area (Å²) in [5.41, 5.74) is 3.03. The van der Waals surface area contributed by atoms with E-state index in [0.717, 1.165) is 33.2 Å². The van der Waals surface area contributed by atoms with E-state index in [1.807, 2.05) is 54.6 Å². The third-order valence-corrected chi connectivity index (χ3v) is 5.48. The Morgan fingerprint density at radius 3 is 2.37 bits per heavy atom. The number of carbonyl (C=O) groups is 1. The van der Waals surface area contributed by atoms with Gasteiger partial charge in [0.15, 0.2) is 0 Å². The minimum Gasteiger partial charge on any atom is -0.496 e. The predicted octanol–water partition coefficient (Wildman–Crippen LogP) is 5.30. The summed E-state index contributed by atoms with van der Waals surface area (Å²) in [6.45, 7) is 0.363. The highest BCUT2D eigenvalue weighted by Crippen LogP contribution is 2.47. The van der Waals surface area contributed by atoms with Crippen LogP contribution in [0, 0.1) is 0 Å². The fourth-order valence-electron chi connectivity index (χ4n) is 3.93. The summed E-state index contributed by atoms with van der Waals surface area (Å²) in [5, 5.41) is 1.67. The molecule has 1 heterocycles. The summed E-state index contributed by atoms with van der Waals surface area (Å²) in [7, 11) is 3.06. The lowest BCUT2D eigenvalue weighted by Gasteiger charge is -2.39. The summed E-state index contributed by atoms with van der Waals surface area (Å²) >= 11 is 6.72. The molecule has 0 saturated carbocycles. The first-order valence-electron chi connectivity index (χ1n) is 8.78. The molecule has 0 spiro atoms. The molecule has 0 bridgehead atoms. The maximum Gasteiger partial charge on any atom is 0.410 e. The normalized spacial score (nSPS) is 18.9. The van der Waals surface area contributed by atoms with Gasteiger partial charge in [-0.2, -0.15) is 0 Å². The Bertz CT molecular complexity index is 990. The second kappa shape index (κ2) is 7.12. The first-order valence-corrected chi connectivity index (χ1v) is 9.22. The number of nitrogens with zero attached hydrogens (tertiary/aromatic N) is 1. The van der Waals surface area contributed by atoms with E-state index >= 15 is 0 Å². The van der Waals surface area contributed by atoms with Crippen LogP contribution < -0.4 is 4.74 Å². The number of rotatable bonds is 2. The molecule has 1 aliphatic rings. The molecular weight excluding hydrogens is 362 g/mol. The highest BCUT2D eigenvalue weighted by atomic mass is 35.5. The molecule has 0 saturated heterocycles. The molecule has 2 atom stereocenters. The van der Waals surface area contributed by atoms with Crippen molar-refractivity contribution in [1.82, 2.24) is 4.90 Å². The van der Waals surface area contributed by atoms with Crippen LogP contribution in [0.4, 0.5) is 4.79 Å². The second-order valence-corrected chi connectivity index (χ2v) is 7.06. The summed E-state index contributed by atoms with van der Waals surface area (Å²) < 4.78 is 10.7. The third kappa shape index (κ3) is 2.90. The van der Waals surface area contributed by atoms with Gasteiger partial charge >= 0.3 is 6.09 Å². The zero-order valence-electron chi connectivity index (χ0n) is 15.2. The summed E-state index contributed by atoms with van der Waals surface area (Å²) in [6.07, 6.45) is -0.389. The van der Waals surface area contributed by atoms with Gasteiger partial charge in [-0.15, -0.1) is 11.6 Å². The monoisotopic (exact) mass is 381 g/mol. The number of hydrogen-bond acceptors (Lipinski definition) is 3. The quantitative estimate of drug-likeness (QED) is 0.565. The van der Waals surface area contributed by atoms with Gasteiger partial charge in [0.25, 0.3) is 0 Å². The van der Waals surface area contributed by atoms with Gasteiger partial charge in [-0.3, -0.25) is 4.90 Å². The maximum atomic E-state index is 12.6. The van der Waals surface area contributed by atoms with E-state index in [1.54, 1.807) is 12.0 Å². The predicted molar refractivity (Wildman–Crippen MR) is 106 cm³/mol. The number of fused-ring (bicyclic) bond motifs is 3. The topological polar surface area (TPSA) is 38.8 Å². The molecule has 0 aliphatic carbocycles. The van der Waals surface area contributed by atoms with Crippen LogP contribution in [-0.2, 0) is 4.74 Å². The number of halogens is 1.